The summed E-state index contributed by atoms with van der Waals surface area (Å²) in [5.74, 6) is 0.484. The fourth-order valence-electron chi connectivity index (χ4n) is 3.43. The van der Waals surface area contributed by atoms with E-state index in [9.17, 15) is 9.59 Å². The lowest BCUT2D eigenvalue weighted by Crippen LogP contribution is -2.49. The molecule has 1 aliphatic carbocycles. The van der Waals surface area contributed by atoms with Crippen molar-refractivity contribution in [3.63, 3.8) is 0 Å². The molecular formula is C18H25N7O3. The Morgan fingerprint density at radius 1 is 1.25 bits per heavy atom. The molecule has 0 aromatic carbocycles. The van der Waals surface area contributed by atoms with Gasteiger partial charge in [-0.2, -0.15) is 5.10 Å². The normalized spacial score (nSPS) is 19.1. The molecule has 28 heavy (non-hydrogen) atoms. The first-order chi connectivity index (χ1) is 13.5. The zero-order valence-electron chi connectivity index (χ0n) is 16.0. The number of carbonyl (C=O) groups is 2. The van der Waals surface area contributed by atoms with Gasteiger partial charge in [0.25, 0.3) is 0 Å². The van der Waals surface area contributed by atoms with Gasteiger partial charge < -0.3 is 15.8 Å². The summed E-state index contributed by atoms with van der Waals surface area (Å²) in [4.78, 5) is 34.2. The van der Waals surface area contributed by atoms with Crippen molar-refractivity contribution in [3.05, 3.63) is 24.8 Å². The molecular weight excluding hydrogens is 362 g/mol. The van der Waals surface area contributed by atoms with Crippen molar-refractivity contribution in [1.29, 1.82) is 0 Å². The molecule has 0 saturated heterocycles. The molecule has 3 rings (SSSR count). The van der Waals surface area contributed by atoms with Crippen molar-refractivity contribution in [2.75, 3.05) is 11.4 Å². The number of rotatable bonds is 5. The second-order valence-electron chi connectivity index (χ2n) is 6.74. The van der Waals surface area contributed by atoms with Crippen LogP contribution >= 0.6 is 0 Å². The highest BCUT2D eigenvalue weighted by molar-refractivity contribution is 5.91. The van der Waals surface area contributed by atoms with E-state index in [1.165, 1.54) is 0 Å². The Morgan fingerprint density at radius 2 is 2.00 bits per heavy atom. The number of aromatic nitrogens is 4. The highest BCUT2D eigenvalue weighted by atomic mass is 16.6. The lowest BCUT2D eigenvalue weighted by atomic mass is 9.92. The Balaban J connectivity index is 1.77. The zero-order chi connectivity index (χ0) is 20.1. The third kappa shape index (κ3) is 4.56. The molecule has 1 fully saturated rings. The van der Waals surface area contributed by atoms with Gasteiger partial charge in [-0.25, -0.2) is 14.6 Å². The second-order valence-corrected chi connectivity index (χ2v) is 6.74. The number of aryl methyl sites for hydroxylation is 1. The van der Waals surface area contributed by atoms with Gasteiger partial charge in [0.05, 0.1) is 24.3 Å². The van der Waals surface area contributed by atoms with E-state index >= 15 is 0 Å². The van der Waals surface area contributed by atoms with Crippen LogP contribution in [0.4, 0.5) is 15.4 Å². The minimum Gasteiger partial charge on any atom is -0.446 e. The third-order valence-corrected chi connectivity index (χ3v) is 4.72. The van der Waals surface area contributed by atoms with E-state index < -0.39 is 6.09 Å². The Hall–Kier alpha value is -3.17. The first-order valence-electron chi connectivity index (χ1n) is 9.32. The van der Waals surface area contributed by atoms with Crippen molar-refractivity contribution in [1.82, 2.24) is 25.1 Å². The molecule has 10 heteroatoms. The van der Waals surface area contributed by atoms with Crippen LogP contribution in [0.15, 0.2) is 24.8 Å². The van der Waals surface area contributed by atoms with Crippen LogP contribution in [0, 0.1) is 0 Å². The number of hydrogen-bond donors (Lipinski definition) is 2. The van der Waals surface area contributed by atoms with E-state index in [0.717, 1.165) is 5.56 Å². The third-order valence-electron chi connectivity index (χ3n) is 4.72. The van der Waals surface area contributed by atoms with Crippen LogP contribution in [0.5, 0.6) is 0 Å². The standard InChI is InChI=1S/C18H25N7O3/c1-3-20-18(27)25(13-4-6-14(7-5-13)28-17(19)26)16-10-21-15(9-22-16)12-8-23-24(2)11-12/h8-11,13-14H,3-7H2,1-2H3,(H2,19,26)(H,20,27)/t13-,14-. The molecule has 0 atom stereocenters. The largest absolute Gasteiger partial charge is 0.446 e. The van der Waals surface area contributed by atoms with Crippen molar-refractivity contribution in [2.45, 2.75) is 44.8 Å². The molecule has 2 aromatic heterocycles. The van der Waals surface area contributed by atoms with Crippen molar-refractivity contribution in [3.8, 4) is 11.3 Å². The van der Waals surface area contributed by atoms with Gasteiger partial charge in [-0.15, -0.1) is 0 Å². The van der Waals surface area contributed by atoms with Crippen LogP contribution in [0.25, 0.3) is 11.3 Å². The maximum absolute atomic E-state index is 12.7. The average molecular weight is 387 g/mol. The Kier molecular flexibility index (Phi) is 6.07. The highest BCUT2D eigenvalue weighted by Gasteiger charge is 2.32. The summed E-state index contributed by atoms with van der Waals surface area (Å²) in [5.41, 5.74) is 6.64. The highest BCUT2D eigenvalue weighted by Crippen LogP contribution is 2.28. The number of anilines is 1. The Labute approximate surface area is 163 Å². The quantitative estimate of drug-likeness (QED) is 0.805. The van der Waals surface area contributed by atoms with Crippen LogP contribution in [0.1, 0.15) is 32.6 Å². The van der Waals surface area contributed by atoms with Gasteiger partial charge >= 0.3 is 12.1 Å². The van der Waals surface area contributed by atoms with E-state index in [1.807, 2.05) is 20.2 Å². The molecule has 2 heterocycles. The van der Waals surface area contributed by atoms with Crippen LogP contribution in [0.3, 0.4) is 0 Å². The van der Waals surface area contributed by atoms with Crippen molar-refractivity contribution >= 4 is 17.9 Å². The first kappa shape index (κ1) is 19.6. The predicted octanol–water partition coefficient (Wildman–Crippen LogP) is 1.82. The number of urea groups is 1. The van der Waals surface area contributed by atoms with E-state index in [-0.39, 0.29) is 18.2 Å². The lowest BCUT2D eigenvalue weighted by molar-refractivity contribution is 0.0786. The van der Waals surface area contributed by atoms with Crippen molar-refractivity contribution < 1.29 is 14.3 Å². The maximum Gasteiger partial charge on any atom is 0.404 e. The molecule has 150 valence electrons. The van der Waals surface area contributed by atoms with E-state index in [1.54, 1.807) is 28.2 Å². The molecule has 0 unspecified atom stereocenters. The molecule has 0 bridgehead atoms. The van der Waals surface area contributed by atoms with Gasteiger partial charge in [-0.05, 0) is 32.6 Å². The summed E-state index contributed by atoms with van der Waals surface area (Å²) in [7, 11) is 1.83. The number of hydrogen-bond acceptors (Lipinski definition) is 6. The fraction of sp³-hybridized carbons (Fsp3) is 0.500. The van der Waals surface area contributed by atoms with Gasteiger partial charge in [0, 0.05) is 31.4 Å². The fourth-order valence-corrected chi connectivity index (χ4v) is 3.43. The monoisotopic (exact) mass is 387 g/mol. The number of nitrogens with one attached hydrogen (secondary N) is 1. The molecule has 3 amide bonds. The number of nitrogens with two attached hydrogens (primary N) is 1. The SMILES string of the molecule is CCNC(=O)N(c1cnc(-c2cnn(C)c2)cn1)[C@H]1CC[C@H](OC(N)=O)CC1. The average Bonchev–Trinajstić information content (AvgIpc) is 3.10. The van der Waals surface area contributed by atoms with Crippen LogP contribution < -0.4 is 16.0 Å². The number of amides is 3. The van der Waals surface area contributed by atoms with Crippen molar-refractivity contribution in [2.24, 2.45) is 12.8 Å². The first-order valence-corrected chi connectivity index (χ1v) is 9.32. The van der Waals surface area contributed by atoms with Crippen LogP contribution in [0.2, 0.25) is 0 Å². The molecule has 2 aromatic rings. The summed E-state index contributed by atoms with van der Waals surface area (Å²) in [6.45, 7) is 2.38. The molecule has 0 radical (unpaired) electrons. The van der Waals surface area contributed by atoms with E-state index in [0.29, 0.717) is 43.7 Å². The number of carbonyl (C=O) groups excluding carboxylic acids is 2. The summed E-state index contributed by atoms with van der Waals surface area (Å²) in [5, 5.41) is 6.97. The maximum atomic E-state index is 12.7. The predicted molar refractivity (Wildman–Crippen MR) is 102 cm³/mol. The molecule has 1 saturated carbocycles. The minimum atomic E-state index is -0.763. The molecule has 3 N–H and O–H groups in total. The Bertz CT molecular complexity index is 813. The van der Waals surface area contributed by atoms with Gasteiger partial charge in [0.2, 0.25) is 0 Å². The lowest BCUT2D eigenvalue weighted by Gasteiger charge is -2.35. The molecule has 10 nitrogen and oxygen atoms in total. The minimum absolute atomic E-state index is 0.0576. The zero-order valence-corrected chi connectivity index (χ0v) is 16.0. The van der Waals surface area contributed by atoms with E-state index in [4.69, 9.17) is 10.5 Å². The summed E-state index contributed by atoms with van der Waals surface area (Å²) < 4.78 is 6.78. The van der Waals surface area contributed by atoms with Gasteiger partial charge in [-0.3, -0.25) is 14.6 Å². The molecule has 0 aliphatic heterocycles. The van der Waals surface area contributed by atoms with E-state index in [2.05, 4.69) is 20.4 Å². The number of primary amides is 1. The van der Waals surface area contributed by atoms with Gasteiger partial charge in [0.1, 0.15) is 6.10 Å². The number of nitrogens with zero attached hydrogens (tertiary/aromatic N) is 5. The summed E-state index contributed by atoms with van der Waals surface area (Å²) >= 11 is 0. The summed E-state index contributed by atoms with van der Waals surface area (Å²) in [6, 6.07) is -0.275. The van der Waals surface area contributed by atoms with Crippen LogP contribution in [-0.2, 0) is 11.8 Å². The Morgan fingerprint density at radius 3 is 2.54 bits per heavy atom. The molecule has 1 aliphatic rings. The summed E-state index contributed by atoms with van der Waals surface area (Å²) in [6.07, 6.45) is 8.49. The smallest absolute Gasteiger partial charge is 0.404 e. The topological polar surface area (TPSA) is 128 Å². The van der Waals surface area contributed by atoms with Crippen LogP contribution in [-0.4, -0.2) is 50.6 Å². The second kappa shape index (κ2) is 8.68. The molecule has 0 spiro atoms. The number of ether oxygens (including phenoxy) is 1. The van der Waals surface area contributed by atoms with Gasteiger partial charge in [0.15, 0.2) is 5.82 Å². The van der Waals surface area contributed by atoms with Gasteiger partial charge in [-0.1, -0.05) is 0 Å².